The summed E-state index contributed by atoms with van der Waals surface area (Å²) >= 11 is 0. The van der Waals surface area contributed by atoms with Gasteiger partial charge in [-0.1, -0.05) is 297 Å². The zero-order chi connectivity index (χ0) is 83.1. The number of aromatic nitrogens is 9. The van der Waals surface area contributed by atoms with Crippen LogP contribution in [-0.2, 0) is 0 Å². The largest absolute Gasteiger partial charge is 0.456 e. The van der Waals surface area contributed by atoms with Crippen LogP contribution >= 0.6 is 0 Å². The van der Waals surface area contributed by atoms with E-state index in [0.29, 0.717) is 52.4 Å². The van der Waals surface area contributed by atoms with E-state index >= 15 is 0 Å². The van der Waals surface area contributed by atoms with E-state index in [2.05, 4.69) is 121 Å². The Morgan fingerprint density at radius 3 is 0.905 bits per heavy atom. The zero-order valence-corrected chi connectivity index (χ0v) is 67.0. The van der Waals surface area contributed by atoms with Gasteiger partial charge in [0.25, 0.3) is 0 Å². The average Bonchev–Trinajstić information content (AvgIpc) is 1.67. The predicted octanol–water partition coefficient (Wildman–Crippen LogP) is 29.3. The fraction of sp³-hybridized carbons (Fsp3) is 0. The first-order valence-electron chi connectivity index (χ1n) is 41.5. The molecule has 126 heavy (non-hydrogen) atoms. The van der Waals surface area contributed by atoms with E-state index in [0.717, 1.165) is 204 Å². The number of rotatable bonds is 11. The van der Waals surface area contributed by atoms with Gasteiger partial charge in [-0.2, -0.15) is 0 Å². The number of para-hydroxylation sites is 7. The molecular weight excluding hydrogens is 1560 g/mol. The lowest BCUT2D eigenvalue weighted by molar-refractivity contribution is 0.668. The van der Waals surface area contributed by atoms with E-state index in [-0.39, 0.29) is 0 Å². The highest BCUT2D eigenvalue weighted by Gasteiger charge is 2.24. The smallest absolute Gasteiger partial charge is 0.167 e. The first-order valence-corrected chi connectivity index (χ1v) is 41.5. The molecule has 15 nitrogen and oxygen atoms in total. The Hall–Kier alpha value is -17.4. The maximum Gasteiger partial charge on any atom is 0.167 e. The second-order valence-electron chi connectivity index (χ2n) is 30.9. The van der Waals surface area contributed by atoms with E-state index in [4.69, 9.17) is 71.4 Å². The van der Waals surface area contributed by atoms with Crippen LogP contribution in [0.3, 0.4) is 0 Å². The van der Waals surface area contributed by atoms with Gasteiger partial charge in [0.2, 0.25) is 0 Å². The summed E-state index contributed by atoms with van der Waals surface area (Å²) in [5.41, 5.74) is 22.5. The Morgan fingerprint density at radius 1 is 0.127 bits per heavy atom. The van der Waals surface area contributed by atoms with Crippen molar-refractivity contribution in [2.24, 2.45) is 0 Å². The van der Waals surface area contributed by atoms with Crippen molar-refractivity contribution in [3.05, 3.63) is 394 Å². The molecule has 0 fully saturated rings. The third-order valence-electron chi connectivity index (χ3n) is 23.3. The molecule has 0 unspecified atom stereocenters. The summed E-state index contributed by atoms with van der Waals surface area (Å²) in [4.78, 5) is 44.7. The Kier molecular flexibility index (Phi) is 17.5. The molecule has 0 bridgehead atoms. The Bertz CT molecular complexity index is 8700. The molecule has 26 aromatic rings. The average molecular weight is 1620 g/mol. The monoisotopic (exact) mass is 1620 g/mol. The first kappa shape index (κ1) is 72.6. The minimum absolute atomic E-state index is 0.529. The van der Waals surface area contributed by atoms with Crippen LogP contribution in [0.2, 0.25) is 0 Å². The number of benzene rings is 17. The van der Waals surface area contributed by atoms with Crippen LogP contribution in [0.15, 0.2) is 421 Å². The van der Waals surface area contributed by atoms with Crippen LogP contribution in [-0.4, -0.2) is 44.9 Å². The molecule has 9 aromatic heterocycles. The molecule has 0 aliphatic rings. The molecule has 0 saturated heterocycles. The SMILES string of the molecule is c1ccc(-c2nc(-c3cccc(-c4cccc5oc6ccccc6c45)c3)nc(-c3cccc4oc5ccccc5c34)n2)cc1.c1ccc(-c2nc(-c3ccccc3)nc(-c3ccc(-c4cccc5oc6ccccc6c45)cc3)n2)cc1.c1ccc2c(c1)oc1cc(-c3nc(-c4ccc5oc6ccccc6c5c4)nc(-c4cccc5c4oc4ccccc45)n3)ccc12. The van der Waals surface area contributed by atoms with Gasteiger partial charge >= 0.3 is 0 Å². The molecule has 0 amide bonds. The second-order valence-corrected chi connectivity index (χ2v) is 30.9. The van der Waals surface area contributed by atoms with E-state index in [1.54, 1.807) is 0 Å². The second kappa shape index (κ2) is 30.4. The highest BCUT2D eigenvalue weighted by molar-refractivity contribution is 6.16. The lowest BCUT2D eigenvalue weighted by Gasteiger charge is -2.10. The van der Waals surface area contributed by atoms with Crippen LogP contribution in [0.4, 0.5) is 0 Å². The molecule has 15 heteroatoms. The van der Waals surface area contributed by atoms with Crippen LogP contribution in [0.5, 0.6) is 0 Å². The van der Waals surface area contributed by atoms with Crippen LogP contribution in [0.25, 0.3) is 256 Å². The van der Waals surface area contributed by atoms with Crippen molar-refractivity contribution in [2.45, 2.75) is 0 Å². The van der Waals surface area contributed by atoms with E-state index in [9.17, 15) is 0 Å². The van der Waals surface area contributed by atoms with Gasteiger partial charge in [0.1, 0.15) is 67.0 Å². The summed E-state index contributed by atoms with van der Waals surface area (Å²) in [5.74, 6) is 5.40. The van der Waals surface area contributed by atoms with Gasteiger partial charge in [-0.15, -0.1) is 0 Å². The standard InChI is InChI=1S/C39H21N3O3.C39H23N3O2.C33H21N3O/c1-4-13-31-24(8-1)27-18-16-23(21-35(27)44-31)38-40-37(22-17-19-34-30(20-22)26-10-3-5-14-32(26)43-34)41-39(42-38)29-12-7-11-28-25-9-2-6-15-33(25)45-36(28)29;1-2-11-24(12-3-1)37-40-38(42-39(41-37)30-18-10-22-34-36(30)29-16-5-7-20-32(29)44-34)26-14-8-13-25(23-26)27-17-9-21-33-35(27)28-15-4-6-19-31(28)43-33;1-3-10-23(11-4-1)31-34-32(24-12-5-2-6-13-24)36-33(35-31)25-20-18-22(19-21-25)26-15-9-17-29-30(26)27-14-7-8-16-28(27)37-29/h1-21H;1-23H;1-21H. The van der Waals surface area contributed by atoms with Crippen LogP contribution < -0.4 is 0 Å². The fourth-order valence-corrected chi connectivity index (χ4v) is 17.3. The van der Waals surface area contributed by atoms with Gasteiger partial charge in [-0.05, 0) is 119 Å². The van der Waals surface area contributed by atoms with Gasteiger partial charge in [0, 0.05) is 109 Å². The molecule has 0 N–H and O–H groups in total. The molecule has 0 atom stereocenters. The minimum atomic E-state index is 0.529. The third kappa shape index (κ3) is 13.0. The van der Waals surface area contributed by atoms with Crippen molar-refractivity contribution in [2.75, 3.05) is 0 Å². The molecule has 0 saturated carbocycles. The maximum atomic E-state index is 6.39. The maximum absolute atomic E-state index is 6.39. The van der Waals surface area contributed by atoms with Gasteiger partial charge in [0.15, 0.2) is 52.4 Å². The van der Waals surface area contributed by atoms with Crippen molar-refractivity contribution in [3.63, 3.8) is 0 Å². The van der Waals surface area contributed by atoms with Crippen molar-refractivity contribution in [1.29, 1.82) is 0 Å². The normalized spacial score (nSPS) is 11.7. The summed E-state index contributed by atoms with van der Waals surface area (Å²) in [6.45, 7) is 0. The molecule has 0 aliphatic carbocycles. The van der Waals surface area contributed by atoms with Crippen molar-refractivity contribution in [1.82, 2.24) is 44.9 Å². The summed E-state index contributed by atoms with van der Waals surface area (Å²) in [6, 6.07) is 132. The quantitative estimate of drug-likeness (QED) is 0.119. The van der Waals surface area contributed by atoms with E-state index < -0.39 is 0 Å². The van der Waals surface area contributed by atoms with Crippen molar-refractivity contribution in [3.8, 4) is 125 Å². The van der Waals surface area contributed by atoms with Gasteiger partial charge < -0.3 is 26.5 Å². The predicted molar refractivity (Wildman–Crippen MR) is 503 cm³/mol. The summed E-state index contributed by atoms with van der Waals surface area (Å²) < 4.78 is 37.2. The summed E-state index contributed by atoms with van der Waals surface area (Å²) in [6.07, 6.45) is 0. The minimum Gasteiger partial charge on any atom is -0.456 e. The van der Waals surface area contributed by atoms with Gasteiger partial charge in [0.05, 0.1) is 5.56 Å². The number of hydrogen-bond acceptors (Lipinski definition) is 15. The Balaban J connectivity index is 0.000000106. The highest BCUT2D eigenvalue weighted by Crippen LogP contribution is 2.44. The number of furan rings is 6. The molecule has 0 radical (unpaired) electrons. The summed E-state index contributed by atoms with van der Waals surface area (Å²) in [5, 5.41) is 12.7. The van der Waals surface area contributed by atoms with E-state index in [1.807, 2.05) is 273 Å². The lowest BCUT2D eigenvalue weighted by Crippen LogP contribution is -2.00. The van der Waals surface area contributed by atoms with Gasteiger partial charge in [-0.3, -0.25) is 0 Å². The molecular formula is C111H65N9O6. The first-order chi connectivity index (χ1) is 62.4. The van der Waals surface area contributed by atoms with Crippen LogP contribution in [0, 0.1) is 0 Å². The Labute approximate surface area is 717 Å². The Morgan fingerprint density at radius 2 is 0.397 bits per heavy atom. The van der Waals surface area contributed by atoms with E-state index in [1.165, 1.54) is 0 Å². The number of hydrogen-bond donors (Lipinski definition) is 0. The summed E-state index contributed by atoms with van der Waals surface area (Å²) in [7, 11) is 0. The molecule has 9 heterocycles. The third-order valence-corrected chi connectivity index (χ3v) is 23.3. The molecule has 17 aromatic carbocycles. The van der Waals surface area contributed by atoms with Crippen molar-refractivity contribution >= 4 is 132 Å². The zero-order valence-electron chi connectivity index (χ0n) is 67.0. The molecule has 0 spiro atoms. The molecule has 0 aliphatic heterocycles. The van der Waals surface area contributed by atoms with Gasteiger partial charge in [-0.25, -0.2) is 44.9 Å². The lowest BCUT2D eigenvalue weighted by atomic mass is 9.98. The number of fused-ring (bicyclic) bond motifs is 18. The highest BCUT2D eigenvalue weighted by atomic mass is 16.3. The number of nitrogens with zero attached hydrogens (tertiary/aromatic N) is 9. The molecule has 26 rings (SSSR count). The van der Waals surface area contributed by atoms with Crippen molar-refractivity contribution < 1.29 is 26.5 Å². The van der Waals surface area contributed by atoms with Crippen LogP contribution in [0.1, 0.15) is 0 Å². The fourth-order valence-electron chi connectivity index (χ4n) is 17.3. The topological polar surface area (TPSA) is 195 Å². The molecule has 590 valence electrons.